The Morgan fingerprint density at radius 3 is 2.48 bits per heavy atom. The molecule has 2 aromatic carbocycles. The minimum Gasteiger partial charge on any atom is -0.493 e. The number of hydrogen-bond acceptors (Lipinski definition) is 4. The van der Waals surface area contributed by atoms with Gasteiger partial charge in [0.05, 0.1) is 32.1 Å². The highest BCUT2D eigenvalue weighted by molar-refractivity contribution is 5.90. The number of aromatic nitrogens is 2. The van der Waals surface area contributed by atoms with Gasteiger partial charge in [-0.2, -0.15) is 5.10 Å². The van der Waals surface area contributed by atoms with Crippen LogP contribution in [0.1, 0.15) is 29.8 Å². The van der Waals surface area contributed by atoms with Crippen LogP contribution < -0.4 is 20.1 Å². The third-order valence-corrected chi connectivity index (χ3v) is 4.85. The molecule has 29 heavy (non-hydrogen) atoms. The van der Waals surface area contributed by atoms with E-state index >= 15 is 0 Å². The van der Waals surface area contributed by atoms with Gasteiger partial charge in [-0.15, -0.1) is 0 Å². The van der Waals surface area contributed by atoms with Crippen molar-refractivity contribution in [2.24, 2.45) is 0 Å². The summed E-state index contributed by atoms with van der Waals surface area (Å²) in [5.74, 6) is 1.15. The first kappa shape index (κ1) is 20.3. The van der Waals surface area contributed by atoms with Crippen molar-refractivity contribution < 1.29 is 14.3 Å². The lowest BCUT2D eigenvalue weighted by Gasteiger charge is -2.16. The van der Waals surface area contributed by atoms with Crippen LogP contribution in [0.2, 0.25) is 0 Å². The van der Waals surface area contributed by atoms with Gasteiger partial charge in [0, 0.05) is 23.0 Å². The molecule has 0 bridgehead atoms. The third-order valence-electron chi connectivity index (χ3n) is 4.85. The largest absolute Gasteiger partial charge is 0.493 e. The summed E-state index contributed by atoms with van der Waals surface area (Å²) < 4.78 is 12.4. The Labute approximate surface area is 170 Å². The average Bonchev–Trinajstić information content (AvgIpc) is 3.09. The van der Waals surface area contributed by atoms with Crippen LogP contribution in [0.4, 0.5) is 10.5 Å². The van der Waals surface area contributed by atoms with Crippen molar-refractivity contribution in [3.05, 3.63) is 65.5 Å². The zero-order valence-electron chi connectivity index (χ0n) is 17.3. The zero-order valence-corrected chi connectivity index (χ0v) is 17.3. The molecule has 1 aromatic heterocycles. The normalized spacial score (nSPS) is 11.6. The predicted molar refractivity (Wildman–Crippen MR) is 113 cm³/mol. The van der Waals surface area contributed by atoms with Crippen molar-refractivity contribution in [1.82, 2.24) is 15.1 Å². The SMILES string of the molecule is COc1ccc(NC(=O)NC(C)c2cnn(-c3ccccc3C)c2C)cc1OC. The number of para-hydroxylation sites is 1. The van der Waals surface area contributed by atoms with Crippen molar-refractivity contribution in [3.8, 4) is 17.2 Å². The lowest BCUT2D eigenvalue weighted by molar-refractivity contribution is 0.249. The minimum atomic E-state index is -0.312. The van der Waals surface area contributed by atoms with E-state index in [1.165, 1.54) is 0 Å². The number of carbonyl (C=O) groups excluding carboxylic acids is 1. The number of amides is 2. The number of carbonyl (C=O) groups is 1. The molecule has 1 unspecified atom stereocenters. The predicted octanol–water partition coefficient (Wildman–Crippen LogP) is 4.39. The molecule has 1 heterocycles. The number of rotatable bonds is 6. The Hall–Kier alpha value is -3.48. The average molecular weight is 394 g/mol. The number of methoxy groups -OCH3 is 2. The Morgan fingerprint density at radius 2 is 1.79 bits per heavy atom. The summed E-state index contributed by atoms with van der Waals surface area (Å²) in [4.78, 5) is 12.5. The molecule has 0 saturated carbocycles. The molecule has 2 amide bonds. The number of hydrogen-bond donors (Lipinski definition) is 2. The van der Waals surface area contributed by atoms with E-state index in [2.05, 4.69) is 15.7 Å². The van der Waals surface area contributed by atoms with Crippen molar-refractivity contribution in [3.63, 3.8) is 0 Å². The number of nitrogens with one attached hydrogen (secondary N) is 2. The first-order chi connectivity index (χ1) is 13.9. The van der Waals surface area contributed by atoms with E-state index in [1.54, 1.807) is 38.6 Å². The van der Waals surface area contributed by atoms with E-state index in [1.807, 2.05) is 49.7 Å². The van der Waals surface area contributed by atoms with E-state index in [-0.39, 0.29) is 12.1 Å². The molecule has 0 aliphatic carbocycles. The summed E-state index contributed by atoms with van der Waals surface area (Å²) in [5, 5.41) is 10.3. The van der Waals surface area contributed by atoms with Gasteiger partial charge in [0.25, 0.3) is 0 Å². The fourth-order valence-corrected chi connectivity index (χ4v) is 3.25. The van der Waals surface area contributed by atoms with E-state index < -0.39 is 0 Å². The molecule has 152 valence electrons. The lowest BCUT2D eigenvalue weighted by atomic mass is 10.1. The highest BCUT2D eigenvalue weighted by Gasteiger charge is 2.17. The highest BCUT2D eigenvalue weighted by atomic mass is 16.5. The van der Waals surface area contributed by atoms with Crippen LogP contribution in [0.25, 0.3) is 5.69 Å². The van der Waals surface area contributed by atoms with Crippen LogP contribution in [-0.2, 0) is 0 Å². The van der Waals surface area contributed by atoms with Crippen molar-refractivity contribution in [2.45, 2.75) is 26.8 Å². The van der Waals surface area contributed by atoms with Crippen LogP contribution in [0.5, 0.6) is 11.5 Å². The summed E-state index contributed by atoms with van der Waals surface area (Å²) in [7, 11) is 3.12. The second-order valence-electron chi connectivity index (χ2n) is 6.77. The molecule has 0 aliphatic rings. The van der Waals surface area contributed by atoms with Gasteiger partial charge < -0.3 is 20.1 Å². The summed E-state index contributed by atoms with van der Waals surface area (Å²) >= 11 is 0. The highest BCUT2D eigenvalue weighted by Crippen LogP contribution is 2.30. The number of benzene rings is 2. The van der Waals surface area contributed by atoms with Gasteiger partial charge in [0.15, 0.2) is 11.5 Å². The fourth-order valence-electron chi connectivity index (χ4n) is 3.25. The molecule has 3 aromatic rings. The molecule has 7 heteroatoms. The first-order valence-corrected chi connectivity index (χ1v) is 9.34. The second kappa shape index (κ2) is 8.68. The van der Waals surface area contributed by atoms with E-state index in [0.717, 1.165) is 22.5 Å². The van der Waals surface area contributed by atoms with Crippen LogP contribution in [-0.4, -0.2) is 30.0 Å². The van der Waals surface area contributed by atoms with Gasteiger partial charge in [-0.3, -0.25) is 0 Å². The minimum absolute atomic E-state index is 0.215. The molecular formula is C22H26N4O3. The van der Waals surface area contributed by atoms with Gasteiger partial charge >= 0.3 is 6.03 Å². The van der Waals surface area contributed by atoms with E-state index in [0.29, 0.717) is 17.2 Å². The van der Waals surface area contributed by atoms with Crippen LogP contribution in [0.15, 0.2) is 48.7 Å². The quantitative estimate of drug-likeness (QED) is 0.650. The number of anilines is 1. The first-order valence-electron chi connectivity index (χ1n) is 9.34. The maximum atomic E-state index is 12.5. The Kier molecular flexibility index (Phi) is 6.07. The number of aryl methyl sites for hydroxylation is 1. The molecule has 1 atom stereocenters. The molecule has 7 nitrogen and oxygen atoms in total. The van der Waals surface area contributed by atoms with Gasteiger partial charge in [0.2, 0.25) is 0 Å². The second-order valence-corrected chi connectivity index (χ2v) is 6.77. The van der Waals surface area contributed by atoms with Gasteiger partial charge in [-0.05, 0) is 44.5 Å². The van der Waals surface area contributed by atoms with Crippen molar-refractivity contribution >= 4 is 11.7 Å². The number of nitrogens with zero attached hydrogens (tertiary/aromatic N) is 2. The Morgan fingerprint density at radius 1 is 1.07 bits per heavy atom. The fraction of sp³-hybridized carbons (Fsp3) is 0.273. The van der Waals surface area contributed by atoms with E-state index in [9.17, 15) is 4.79 Å². The van der Waals surface area contributed by atoms with Crippen molar-refractivity contribution in [1.29, 1.82) is 0 Å². The zero-order chi connectivity index (χ0) is 21.0. The van der Waals surface area contributed by atoms with Gasteiger partial charge in [-0.1, -0.05) is 18.2 Å². The smallest absolute Gasteiger partial charge is 0.319 e. The van der Waals surface area contributed by atoms with Crippen molar-refractivity contribution in [2.75, 3.05) is 19.5 Å². The molecule has 0 radical (unpaired) electrons. The Balaban J connectivity index is 1.71. The number of urea groups is 1. The maximum Gasteiger partial charge on any atom is 0.319 e. The van der Waals surface area contributed by atoms with Crippen LogP contribution in [0, 0.1) is 13.8 Å². The monoisotopic (exact) mass is 394 g/mol. The standard InChI is InChI=1S/C22H26N4O3/c1-14-8-6-7-9-19(14)26-16(3)18(13-23-26)15(2)24-22(27)25-17-10-11-20(28-4)21(12-17)29-5/h6-13,15H,1-5H3,(H2,24,25,27). The molecule has 0 aliphatic heterocycles. The summed E-state index contributed by atoms with van der Waals surface area (Å²) in [6.45, 7) is 5.98. The summed E-state index contributed by atoms with van der Waals surface area (Å²) in [6.07, 6.45) is 1.79. The van der Waals surface area contributed by atoms with Gasteiger partial charge in [-0.25, -0.2) is 9.48 Å². The maximum absolute atomic E-state index is 12.5. The molecule has 0 saturated heterocycles. The van der Waals surface area contributed by atoms with Crippen LogP contribution in [0.3, 0.4) is 0 Å². The molecular weight excluding hydrogens is 368 g/mol. The van der Waals surface area contributed by atoms with E-state index in [4.69, 9.17) is 9.47 Å². The lowest BCUT2D eigenvalue weighted by Crippen LogP contribution is -2.31. The molecule has 3 rings (SSSR count). The molecule has 0 spiro atoms. The summed E-state index contributed by atoms with van der Waals surface area (Å²) in [5.41, 5.74) is 4.71. The number of ether oxygens (including phenoxy) is 2. The van der Waals surface area contributed by atoms with Gasteiger partial charge in [0.1, 0.15) is 0 Å². The third kappa shape index (κ3) is 4.34. The molecule has 0 fully saturated rings. The van der Waals surface area contributed by atoms with Crippen LogP contribution >= 0.6 is 0 Å². The summed E-state index contributed by atoms with van der Waals surface area (Å²) in [6, 6.07) is 12.8. The molecule has 2 N–H and O–H groups in total. The Bertz CT molecular complexity index is 1010. The topological polar surface area (TPSA) is 77.4 Å².